The van der Waals surface area contributed by atoms with Crippen molar-refractivity contribution in [2.75, 3.05) is 13.1 Å². The first-order valence-electron chi connectivity index (χ1n) is 8.60. The van der Waals surface area contributed by atoms with Gasteiger partial charge in [0, 0.05) is 24.2 Å². The van der Waals surface area contributed by atoms with Gasteiger partial charge in [0.1, 0.15) is 11.4 Å². The number of amides is 2. The van der Waals surface area contributed by atoms with E-state index in [1.807, 2.05) is 30.3 Å². The van der Waals surface area contributed by atoms with Crippen LogP contribution in [0.5, 0.6) is 5.75 Å². The van der Waals surface area contributed by atoms with Gasteiger partial charge in [0.2, 0.25) is 0 Å². The lowest BCUT2D eigenvalue weighted by atomic mass is 10.1. The van der Waals surface area contributed by atoms with Crippen LogP contribution in [0.3, 0.4) is 0 Å². The molecule has 27 heavy (non-hydrogen) atoms. The summed E-state index contributed by atoms with van der Waals surface area (Å²) in [6, 6.07) is 17.4. The largest absolute Gasteiger partial charge is 0.508 e. The van der Waals surface area contributed by atoms with Crippen molar-refractivity contribution >= 4 is 11.8 Å². The third kappa shape index (κ3) is 4.94. The summed E-state index contributed by atoms with van der Waals surface area (Å²) in [5, 5.41) is 21.8. The van der Waals surface area contributed by atoms with Gasteiger partial charge in [-0.1, -0.05) is 36.4 Å². The average Bonchev–Trinajstić information content (AvgIpc) is 3.18. The minimum Gasteiger partial charge on any atom is -0.508 e. The smallest absolute Gasteiger partial charge is 0.269 e. The van der Waals surface area contributed by atoms with E-state index in [9.17, 15) is 14.7 Å². The summed E-state index contributed by atoms with van der Waals surface area (Å²) in [4.78, 5) is 24.1. The predicted octanol–water partition coefficient (Wildman–Crippen LogP) is 2.33. The van der Waals surface area contributed by atoms with Gasteiger partial charge in [-0.15, -0.1) is 0 Å². The van der Waals surface area contributed by atoms with Crippen LogP contribution in [0.15, 0.2) is 60.7 Å². The first-order chi connectivity index (χ1) is 13.1. The van der Waals surface area contributed by atoms with Gasteiger partial charge in [-0.05, 0) is 30.7 Å². The van der Waals surface area contributed by atoms with E-state index in [1.165, 1.54) is 12.1 Å². The van der Waals surface area contributed by atoms with Gasteiger partial charge in [-0.25, -0.2) is 0 Å². The Morgan fingerprint density at radius 2 is 1.67 bits per heavy atom. The molecule has 7 heteroatoms. The summed E-state index contributed by atoms with van der Waals surface area (Å²) in [6.07, 6.45) is 0.579. The molecule has 138 valence electrons. The van der Waals surface area contributed by atoms with Gasteiger partial charge >= 0.3 is 0 Å². The second kappa shape index (κ2) is 8.66. The Morgan fingerprint density at radius 1 is 0.926 bits per heavy atom. The molecule has 0 atom stereocenters. The third-order valence-corrected chi connectivity index (χ3v) is 3.93. The summed E-state index contributed by atoms with van der Waals surface area (Å²) >= 11 is 0. The van der Waals surface area contributed by atoms with Crippen molar-refractivity contribution in [3.05, 3.63) is 71.9 Å². The lowest BCUT2D eigenvalue weighted by Gasteiger charge is -2.06. The monoisotopic (exact) mass is 364 g/mol. The number of aromatic nitrogens is 2. The fourth-order valence-electron chi connectivity index (χ4n) is 2.53. The van der Waals surface area contributed by atoms with Crippen LogP contribution in [0.2, 0.25) is 0 Å². The number of hydrogen-bond donors (Lipinski definition) is 4. The van der Waals surface area contributed by atoms with Gasteiger partial charge in [0.05, 0.1) is 5.69 Å². The fourth-order valence-corrected chi connectivity index (χ4v) is 2.53. The number of nitrogens with zero attached hydrogens (tertiary/aromatic N) is 1. The molecule has 7 nitrogen and oxygen atoms in total. The Bertz CT molecular complexity index is 922. The average molecular weight is 364 g/mol. The Kier molecular flexibility index (Phi) is 5.84. The zero-order valence-electron chi connectivity index (χ0n) is 14.6. The molecular weight excluding hydrogens is 344 g/mol. The van der Waals surface area contributed by atoms with Crippen molar-refractivity contribution in [3.8, 4) is 17.0 Å². The first-order valence-corrected chi connectivity index (χ1v) is 8.60. The van der Waals surface area contributed by atoms with E-state index in [4.69, 9.17) is 0 Å². The standard InChI is InChI=1S/C20H20N4O3/c25-16-9-4-8-15(12-16)19(26)21-10-5-11-22-20(27)18-13-17(23-24-18)14-6-2-1-3-7-14/h1-4,6-9,12-13,25H,5,10-11H2,(H,21,26)(H,22,27)(H,23,24). The van der Waals surface area contributed by atoms with E-state index in [2.05, 4.69) is 20.8 Å². The van der Waals surface area contributed by atoms with Crippen molar-refractivity contribution in [3.63, 3.8) is 0 Å². The molecule has 0 unspecified atom stereocenters. The topological polar surface area (TPSA) is 107 Å². The van der Waals surface area contributed by atoms with Crippen LogP contribution < -0.4 is 10.6 Å². The maximum absolute atomic E-state index is 12.1. The number of aromatic hydroxyl groups is 1. The van der Waals surface area contributed by atoms with E-state index >= 15 is 0 Å². The molecule has 1 heterocycles. The summed E-state index contributed by atoms with van der Waals surface area (Å²) in [5.41, 5.74) is 2.42. The maximum Gasteiger partial charge on any atom is 0.269 e. The second-order valence-electron chi connectivity index (χ2n) is 5.95. The molecule has 2 amide bonds. The Morgan fingerprint density at radius 3 is 2.41 bits per heavy atom. The molecule has 0 saturated heterocycles. The van der Waals surface area contributed by atoms with Crippen LogP contribution in [-0.4, -0.2) is 40.2 Å². The number of carbonyl (C=O) groups excluding carboxylic acids is 2. The zero-order chi connectivity index (χ0) is 19.1. The lowest BCUT2D eigenvalue weighted by Crippen LogP contribution is -2.30. The minimum atomic E-state index is -0.265. The highest BCUT2D eigenvalue weighted by atomic mass is 16.3. The predicted molar refractivity (Wildman–Crippen MR) is 101 cm³/mol. The quantitative estimate of drug-likeness (QED) is 0.483. The van der Waals surface area contributed by atoms with Crippen LogP contribution >= 0.6 is 0 Å². The summed E-state index contributed by atoms with van der Waals surface area (Å²) in [5.74, 6) is -0.466. The normalized spacial score (nSPS) is 10.4. The number of hydrogen-bond acceptors (Lipinski definition) is 4. The molecule has 2 aromatic carbocycles. The molecule has 0 aliphatic heterocycles. The minimum absolute atomic E-state index is 0.0457. The highest BCUT2D eigenvalue weighted by Gasteiger charge is 2.10. The van der Waals surface area contributed by atoms with Crippen molar-refractivity contribution in [2.45, 2.75) is 6.42 Å². The van der Waals surface area contributed by atoms with Crippen molar-refractivity contribution in [1.29, 1.82) is 0 Å². The highest BCUT2D eigenvalue weighted by Crippen LogP contribution is 2.16. The molecule has 1 aromatic heterocycles. The van der Waals surface area contributed by atoms with Gasteiger partial charge in [0.15, 0.2) is 0 Å². The number of aromatic amines is 1. The first kappa shape index (κ1) is 18.2. The third-order valence-electron chi connectivity index (χ3n) is 3.93. The van der Waals surface area contributed by atoms with E-state index in [1.54, 1.807) is 18.2 Å². The highest BCUT2D eigenvalue weighted by molar-refractivity contribution is 5.94. The zero-order valence-corrected chi connectivity index (χ0v) is 14.6. The number of phenolic OH excluding ortho intramolecular Hbond substituents is 1. The van der Waals surface area contributed by atoms with Gasteiger partial charge in [0.25, 0.3) is 11.8 Å². The number of rotatable bonds is 7. The van der Waals surface area contributed by atoms with Crippen molar-refractivity contribution in [1.82, 2.24) is 20.8 Å². The summed E-state index contributed by atoms with van der Waals surface area (Å²) in [6.45, 7) is 0.825. The number of carbonyl (C=O) groups is 2. The number of nitrogens with one attached hydrogen (secondary N) is 3. The molecule has 0 aliphatic carbocycles. The van der Waals surface area contributed by atoms with Gasteiger partial charge < -0.3 is 15.7 Å². The van der Waals surface area contributed by atoms with Crippen molar-refractivity contribution < 1.29 is 14.7 Å². The lowest BCUT2D eigenvalue weighted by molar-refractivity contribution is 0.0947. The number of phenols is 1. The molecule has 0 saturated carbocycles. The van der Waals surface area contributed by atoms with Crippen LogP contribution in [0, 0.1) is 0 Å². The molecule has 0 fully saturated rings. The molecule has 3 rings (SSSR count). The van der Waals surface area contributed by atoms with Gasteiger partial charge in [-0.2, -0.15) is 5.10 Å². The molecule has 0 radical (unpaired) electrons. The van der Waals surface area contributed by atoms with E-state index < -0.39 is 0 Å². The fraction of sp³-hybridized carbons (Fsp3) is 0.150. The van der Waals surface area contributed by atoms with E-state index in [0.717, 1.165) is 5.56 Å². The Balaban J connectivity index is 1.41. The molecule has 4 N–H and O–H groups in total. The van der Waals surface area contributed by atoms with Crippen LogP contribution in [0.4, 0.5) is 0 Å². The van der Waals surface area contributed by atoms with Crippen LogP contribution in [-0.2, 0) is 0 Å². The molecular formula is C20H20N4O3. The Labute approximate surface area is 156 Å². The van der Waals surface area contributed by atoms with E-state index in [0.29, 0.717) is 36.5 Å². The van der Waals surface area contributed by atoms with Crippen molar-refractivity contribution in [2.24, 2.45) is 0 Å². The number of benzene rings is 2. The van der Waals surface area contributed by atoms with Crippen LogP contribution in [0.25, 0.3) is 11.3 Å². The molecule has 0 bridgehead atoms. The molecule has 0 aliphatic rings. The maximum atomic E-state index is 12.1. The SMILES string of the molecule is O=C(NCCCNC(=O)c1cc(-c2ccccc2)n[nH]1)c1cccc(O)c1. The summed E-state index contributed by atoms with van der Waals surface area (Å²) < 4.78 is 0. The number of H-pyrrole nitrogens is 1. The Hall–Kier alpha value is -3.61. The van der Waals surface area contributed by atoms with Crippen LogP contribution in [0.1, 0.15) is 27.3 Å². The summed E-state index contributed by atoms with van der Waals surface area (Å²) in [7, 11) is 0. The molecule has 0 spiro atoms. The molecule has 3 aromatic rings. The van der Waals surface area contributed by atoms with E-state index in [-0.39, 0.29) is 17.6 Å². The second-order valence-corrected chi connectivity index (χ2v) is 5.95. The van der Waals surface area contributed by atoms with Gasteiger partial charge in [-0.3, -0.25) is 14.7 Å².